The van der Waals surface area contributed by atoms with Gasteiger partial charge in [0, 0.05) is 6.42 Å². The van der Waals surface area contributed by atoms with Crippen LogP contribution in [0.1, 0.15) is 47.5 Å². The number of carbonyl (C=O) groups is 3. The molecule has 0 heterocycles. The molecule has 2 N–H and O–H groups in total. The molecular formula is C15H25N3O5. The Morgan fingerprint density at radius 2 is 1.87 bits per heavy atom. The molecule has 0 aromatic heterocycles. The summed E-state index contributed by atoms with van der Waals surface area (Å²) in [7, 11) is 0. The van der Waals surface area contributed by atoms with Crippen LogP contribution in [0.25, 0.3) is 5.53 Å². The van der Waals surface area contributed by atoms with Gasteiger partial charge in [0.15, 0.2) is 0 Å². The molecule has 0 rings (SSSR count). The lowest BCUT2D eigenvalue weighted by atomic mass is 9.88. The van der Waals surface area contributed by atoms with Gasteiger partial charge in [0.05, 0.1) is 6.10 Å². The molecule has 0 aliphatic heterocycles. The molecular weight excluding hydrogens is 302 g/mol. The van der Waals surface area contributed by atoms with Crippen LogP contribution in [0, 0.1) is 5.41 Å². The van der Waals surface area contributed by atoms with Crippen molar-refractivity contribution < 1.29 is 29.0 Å². The van der Waals surface area contributed by atoms with E-state index >= 15 is 0 Å². The average Bonchev–Trinajstić information content (AvgIpc) is 2.39. The van der Waals surface area contributed by atoms with Crippen molar-refractivity contribution in [3.05, 3.63) is 5.53 Å². The average molecular weight is 327 g/mol. The third kappa shape index (κ3) is 8.23. The van der Waals surface area contributed by atoms with Gasteiger partial charge in [-0.1, -0.05) is 20.8 Å². The van der Waals surface area contributed by atoms with Crippen molar-refractivity contribution in [2.24, 2.45) is 5.41 Å². The number of carboxylic acids is 1. The zero-order chi connectivity index (χ0) is 18.2. The molecule has 0 radical (unpaired) electrons. The lowest BCUT2D eigenvalue weighted by molar-refractivity contribution is -0.150. The van der Waals surface area contributed by atoms with Crippen molar-refractivity contribution >= 4 is 23.9 Å². The SMILES string of the molecule is CC(C)O[C@H](C(=O)N[C@@H](CCC(=O)C=[N+]=[N-])C(=O)O)C(C)(C)C. The fourth-order valence-electron chi connectivity index (χ4n) is 1.85. The molecule has 0 aliphatic rings. The van der Waals surface area contributed by atoms with Crippen molar-refractivity contribution in [2.45, 2.75) is 65.7 Å². The third-order valence-corrected chi connectivity index (χ3v) is 2.93. The van der Waals surface area contributed by atoms with Crippen LogP contribution in [0.15, 0.2) is 0 Å². The largest absolute Gasteiger partial charge is 0.480 e. The zero-order valence-corrected chi connectivity index (χ0v) is 14.2. The first-order valence-corrected chi connectivity index (χ1v) is 7.38. The Hall–Kier alpha value is -2.05. The molecule has 0 spiro atoms. The van der Waals surface area contributed by atoms with E-state index < -0.39 is 35.2 Å². The Labute approximate surface area is 135 Å². The highest BCUT2D eigenvalue weighted by molar-refractivity contribution is 6.25. The van der Waals surface area contributed by atoms with Gasteiger partial charge in [-0.15, -0.1) is 0 Å². The van der Waals surface area contributed by atoms with Gasteiger partial charge < -0.3 is 20.7 Å². The summed E-state index contributed by atoms with van der Waals surface area (Å²) in [6, 6.07) is -1.22. The second kappa shape index (κ2) is 9.17. The van der Waals surface area contributed by atoms with Crippen LogP contribution < -0.4 is 5.32 Å². The first kappa shape index (κ1) is 20.9. The number of amides is 1. The van der Waals surface area contributed by atoms with E-state index in [1.165, 1.54) is 0 Å². The Kier molecular flexibility index (Phi) is 8.35. The number of carboxylic acid groups (broad SMARTS) is 1. The summed E-state index contributed by atoms with van der Waals surface area (Å²) < 4.78 is 5.60. The minimum atomic E-state index is -1.25. The van der Waals surface area contributed by atoms with Crippen LogP contribution in [0.4, 0.5) is 0 Å². The number of hydrogen-bond acceptors (Lipinski definition) is 4. The first-order valence-electron chi connectivity index (χ1n) is 7.38. The summed E-state index contributed by atoms with van der Waals surface area (Å²) in [6.07, 6.45) is -0.591. The fraction of sp³-hybridized carbons (Fsp3) is 0.733. The third-order valence-electron chi connectivity index (χ3n) is 2.93. The van der Waals surface area contributed by atoms with Crippen LogP contribution >= 0.6 is 0 Å². The molecule has 23 heavy (non-hydrogen) atoms. The van der Waals surface area contributed by atoms with Crippen LogP contribution in [-0.2, 0) is 19.1 Å². The molecule has 8 nitrogen and oxygen atoms in total. The molecule has 0 fully saturated rings. The number of ketones is 1. The second-order valence-electron chi connectivity index (χ2n) is 6.58. The highest BCUT2D eigenvalue weighted by Crippen LogP contribution is 2.24. The van der Waals surface area contributed by atoms with Crippen LogP contribution in [0.2, 0.25) is 0 Å². The van der Waals surface area contributed by atoms with E-state index in [1.807, 2.05) is 20.8 Å². The first-order chi connectivity index (χ1) is 10.5. The van der Waals surface area contributed by atoms with E-state index in [0.29, 0.717) is 6.21 Å². The van der Waals surface area contributed by atoms with Gasteiger partial charge in [-0.05, 0) is 25.7 Å². The number of rotatable bonds is 9. The number of aliphatic carboxylic acids is 1. The lowest BCUT2D eigenvalue weighted by Crippen LogP contribution is -2.51. The molecule has 0 aliphatic carbocycles. The van der Waals surface area contributed by atoms with Gasteiger partial charge in [0.2, 0.25) is 11.7 Å². The lowest BCUT2D eigenvalue weighted by Gasteiger charge is -2.32. The number of ether oxygens (including phenoxy) is 1. The van der Waals surface area contributed by atoms with E-state index in [1.54, 1.807) is 13.8 Å². The van der Waals surface area contributed by atoms with E-state index in [-0.39, 0.29) is 18.9 Å². The maximum Gasteiger partial charge on any atom is 0.326 e. The molecule has 1 amide bonds. The molecule has 0 aromatic rings. The van der Waals surface area contributed by atoms with Crippen LogP contribution in [0.5, 0.6) is 0 Å². The standard InChI is InChI=1S/C15H25N3O5/c1-9(2)23-12(15(3,4)5)13(20)18-11(14(21)22)7-6-10(19)8-17-16/h8-9,11-12H,6-7H2,1-5H3,(H,18,20)(H,21,22)/t11-,12+/m0/s1. The quantitative estimate of drug-likeness (QED) is 0.371. The van der Waals surface area contributed by atoms with Crippen molar-refractivity contribution in [3.63, 3.8) is 0 Å². The maximum absolute atomic E-state index is 12.4. The minimum absolute atomic E-state index is 0.107. The topological polar surface area (TPSA) is 129 Å². The monoisotopic (exact) mass is 327 g/mol. The summed E-state index contributed by atoms with van der Waals surface area (Å²) in [4.78, 5) is 37.4. The van der Waals surface area contributed by atoms with Crippen molar-refractivity contribution in [1.29, 1.82) is 0 Å². The second-order valence-corrected chi connectivity index (χ2v) is 6.58. The van der Waals surface area contributed by atoms with E-state index in [0.717, 1.165) is 0 Å². The summed E-state index contributed by atoms with van der Waals surface area (Å²) >= 11 is 0. The Morgan fingerprint density at radius 1 is 1.30 bits per heavy atom. The Morgan fingerprint density at radius 3 is 2.26 bits per heavy atom. The molecule has 0 saturated carbocycles. The highest BCUT2D eigenvalue weighted by Gasteiger charge is 2.35. The molecule has 0 bridgehead atoms. The summed E-state index contributed by atoms with van der Waals surface area (Å²) in [5.74, 6) is -2.31. The Balaban J connectivity index is 4.96. The molecule has 130 valence electrons. The van der Waals surface area contributed by atoms with Crippen LogP contribution in [0.3, 0.4) is 0 Å². The predicted molar refractivity (Wildman–Crippen MR) is 83.0 cm³/mol. The zero-order valence-electron chi connectivity index (χ0n) is 14.2. The van der Waals surface area contributed by atoms with E-state index in [2.05, 4.69) is 10.1 Å². The number of Topliss-reactive ketones (excluding diaryl/α,β-unsaturated/α-hetero) is 1. The number of hydrogen-bond donors (Lipinski definition) is 2. The predicted octanol–water partition coefficient (Wildman–Crippen LogP) is 1.05. The normalized spacial score (nSPS) is 13.8. The summed E-state index contributed by atoms with van der Waals surface area (Å²) in [5.41, 5.74) is 7.73. The van der Waals surface area contributed by atoms with Gasteiger partial charge >= 0.3 is 12.2 Å². The molecule has 0 saturated heterocycles. The van der Waals surface area contributed by atoms with Gasteiger partial charge in [-0.2, -0.15) is 4.79 Å². The van der Waals surface area contributed by atoms with Crippen molar-refractivity contribution in [3.8, 4) is 0 Å². The van der Waals surface area contributed by atoms with Gasteiger partial charge in [-0.25, -0.2) is 4.79 Å². The van der Waals surface area contributed by atoms with Crippen LogP contribution in [-0.4, -0.2) is 52.0 Å². The van der Waals surface area contributed by atoms with E-state index in [9.17, 15) is 19.5 Å². The van der Waals surface area contributed by atoms with Gasteiger partial charge in [0.1, 0.15) is 12.1 Å². The maximum atomic E-state index is 12.4. The van der Waals surface area contributed by atoms with Crippen molar-refractivity contribution in [1.82, 2.24) is 5.32 Å². The molecule has 0 aromatic carbocycles. The van der Waals surface area contributed by atoms with E-state index in [4.69, 9.17) is 10.3 Å². The fourth-order valence-corrected chi connectivity index (χ4v) is 1.85. The highest BCUT2D eigenvalue weighted by atomic mass is 16.5. The smallest absolute Gasteiger partial charge is 0.326 e. The molecule has 8 heteroatoms. The summed E-state index contributed by atoms with van der Waals surface area (Å²) in [5, 5.41) is 11.6. The minimum Gasteiger partial charge on any atom is -0.480 e. The van der Waals surface area contributed by atoms with Gasteiger partial charge in [0.25, 0.3) is 0 Å². The number of carbonyl (C=O) groups excluding carboxylic acids is 2. The Bertz CT molecular complexity index is 490. The molecule has 2 atom stereocenters. The molecule has 0 unspecified atom stereocenters. The summed E-state index contributed by atoms with van der Waals surface area (Å²) in [6.45, 7) is 9.02. The van der Waals surface area contributed by atoms with Gasteiger partial charge in [-0.3, -0.25) is 9.59 Å². The van der Waals surface area contributed by atoms with Crippen molar-refractivity contribution in [2.75, 3.05) is 0 Å². The number of nitrogens with zero attached hydrogens (tertiary/aromatic N) is 2. The number of nitrogens with one attached hydrogen (secondary N) is 1.